The maximum absolute atomic E-state index is 12.7. The molecule has 0 radical (unpaired) electrons. The van der Waals surface area contributed by atoms with Gasteiger partial charge in [0.1, 0.15) is 6.04 Å². The van der Waals surface area contributed by atoms with Crippen molar-refractivity contribution < 1.29 is 9.59 Å². The van der Waals surface area contributed by atoms with Crippen LogP contribution in [0.2, 0.25) is 0 Å². The summed E-state index contributed by atoms with van der Waals surface area (Å²) in [6.45, 7) is 2.77. The lowest BCUT2D eigenvalue weighted by Crippen LogP contribution is -2.49. The molecule has 2 rings (SSSR count). The number of likely N-dealkylation sites (N-methyl/N-ethyl adjacent to an activating group) is 1. The van der Waals surface area contributed by atoms with Gasteiger partial charge in [0.2, 0.25) is 11.8 Å². The van der Waals surface area contributed by atoms with Gasteiger partial charge in [-0.2, -0.15) is 0 Å². The van der Waals surface area contributed by atoms with Gasteiger partial charge in [-0.05, 0) is 32.1 Å². The Morgan fingerprint density at radius 1 is 1.10 bits per heavy atom. The first-order valence-corrected chi connectivity index (χ1v) is 8.21. The molecule has 0 bridgehead atoms. The molecular weight excluding hydrogens is 252 g/mol. The Morgan fingerprint density at radius 3 is 2.45 bits per heavy atom. The van der Waals surface area contributed by atoms with E-state index in [1.807, 2.05) is 23.8 Å². The van der Waals surface area contributed by atoms with Gasteiger partial charge in [0.25, 0.3) is 0 Å². The summed E-state index contributed by atoms with van der Waals surface area (Å²) in [5.74, 6) is 0.319. The molecule has 1 heterocycles. The molecule has 4 heteroatoms. The molecule has 2 amide bonds. The number of nitrogens with zero attached hydrogens (tertiary/aromatic N) is 2. The highest BCUT2D eigenvalue weighted by Gasteiger charge is 2.36. The van der Waals surface area contributed by atoms with Crippen LogP contribution in [0.4, 0.5) is 0 Å². The minimum Gasteiger partial charge on any atom is -0.341 e. The van der Waals surface area contributed by atoms with E-state index in [4.69, 9.17) is 0 Å². The van der Waals surface area contributed by atoms with Crippen molar-refractivity contribution >= 4 is 11.8 Å². The van der Waals surface area contributed by atoms with Gasteiger partial charge in [0.05, 0.1) is 0 Å². The van der Waals surface area contributed by atoms with Crippen LogP contribution in [0.1, 0.15) is 64.7 Å². The van der Waals surface area contributed by atoms with Crippen molar-refractivity contribution in [3.63, 3.8) is 0 Å². The van der Waals surface area contributed by atoms with Crippen LogP contribution in [0.25, 0.3) is 0 Å². The van der Waals surface area contributed by atoms with Gasteiger partial charge in [-0.1, -0.05) is 26.2 Å². The smallest absolute Gasteiger partial charge is 0.245 e. The van der Waals surface area contributed by atoms with Gasteiger partial charge in [0.15, 0.2) is 0 Å². The molecule has 0 aromatic carbocycles. The molecule has 2 fully saturated rings. The van der Waals surface area contributed by atoms with Crippen LogP contribution in [-0.2, 0) is 9.59 Å². The fraction of sp³-hybridized carbons (Fsp3) is 0.875. The standard InChI is InChI=1S/C16H28N2O2/c1-3-8-15(19)18-12-7-11-14(18)16(20)17(2)13-9-5-4-6-10-13/h13-14H,3-12H2,1-2H3. The van der Waals surface area contributed by atoms with E-state index in [0.717, 1.165) is 38.6 Å². The molecule has 1 aliphatic carbocycles. The summed E-state index contributed by atoms with van der Waals surface area (Å²) in [4.78, 5) is 28.6. The molecule has 0 spiro atoms. The van der Waals surface area contributed by atoms with Crippen LogP contribution in [0, 0.1) is 0 Å². The zero-order valence-electron chi connectivity index (χ0n) is 12.9. The molecule has 20 heavy (non-hydrogen) atoms. The first-order valence-electron chi connectivity index (χ1n) is 8.21. The molecule has 1 unspecified atom stereocenters. The van der Waals surface area contributed by atoms with Crippen molar-refractivity contribution in [2.24, 2.45) is 0 Å². The summed E-state index contributed by atoms with van der Waals surface area (Å²) in [5, 5.41) is 0. The highest BCUT2D eigenvalue weighted by Crippen LogP contribution is 2.25. The zero-order valence-corrected chi connectivity index (χ0v) is 12.9. The van der Waals surface area contributed by atoms with Crippen molar-refractivity contribution in [3.05, 3.63) is 0 Å². The lowest BCUT2D eigenvalue weighted by atomic mass is 9.94. The van der Waals surface area contributed by atoms with E-state index in [9.17, 15) is 9.59 Å². The number of carbonyl (C=O) groups excluding carboxylic acids is 2. The second kappa shape index (κ2) is 7.09. The van der Waals surface area contributed by atoms with Crippen LogP contribution in [0.5, 0.6) is 0 Å². The van der Waals surface area contributed by atoms with Gasteiger partial charge >= 0.3 is 0 Å². The van der Waals surface area contributed by atoms with Gasteiger partial charge in [0, 0.05) is 26.1 Å². The normalized spacial score (nSPS) is 23.9. The quantitative estimate of drug-likeness (QED) is 0.794. The van der Waals surface area contributed by atoms with Crippen molar-refractivity contribution in [3.8, 4) is 0 Å². The summed E-state index contributed by atoms with van der Waals surface area (Å²) in [7, 11) is 1.93. The van der Waals surface area contributed by atoms with Gasteiger partial charge in [-0.3, -0.25) is 9.59 Å². The summed E-state index contributed by atoms with van der Waals surface area (Å²) >= 11 is 0. The Labute approximate surface area is 122 Å². The van der Waals surface area contributed by atoms with Crippen LogP contribution >= 0.6 is 0 Å². The number of amides is 2. The van der Waals surface area contributed by atoms with Crippen LogP contribution in [0.3, 0.4) is 0 Å². The Kier molecular flexibility index (Phi) is 5.44. The molecule has 1 atom stereocenters. The lowest BCUT2D eigenvalue weighted by Gasteiger charge is -2.35. The first-order chi connectivity index (χ1) is 9.65. The van der Waals surface area contributed by atoms with Gasteiger partial charge < -0.3 is 9.80 Å². The van der Waals surface area contributed by atoms with Gasteiger partial charge in [-0.15, -0.1) is 0 Å². The van der Waals surface area contributed by atoms with E-state index < -0.39 is 0 Å². The van der Waals surface area contributed by atoms with E-state index >= 15 is 0 Å². The Morgan fingerprint density at radius 2 is 1.80 bits per heavy atom. The largest absolute Gasteiger partial charge is 0.341 e. The molecule has 4 nitrogen and oxygen atoms in total. The molecule has 0 aromatic heterocycles. The van der Waals surface area contributed by atoms with E-state index in [1.54, 1.807) is 0 Å². The molecule has 1 saturated carbocycles. The minimum atomic E-state index is -0.194. The predicted molar refractivity (Wildman–Crippen MR) is 79.3 cm³/mol. The zero-order chi connectivity index (χ0) is 14.5. The second-order valence-corrected chi connectivity index (χ2v) is 6.24. The van der Waals surface area contributed by atoms with Gasteiger partial charge in [-0.25, -0.2) is 0 Å². The molecule has 0 N–H and O–H groups in total. The molecular formula is C16H28N2O2. The maximum Gasteiger partial charge on any atom is 0.245 e. The summed E-state index contributed by atoms with van der Waals surface area (Å²) in [6, 6.07) is 0.195. The number of rotatable bonds is 4. The topological polar surface area (TPSA) is 40.6 Å². The predicted octanol–water partition coefficient (Wildman–Crippen LogP) is 2.57. The number of carbonyl (C=O) groups is 2. The summed E-state index contributed by atoms with van der Waals surface area (Å²) in [6.07, 6.45) is 9.22. The van der Waals surface area contributed by atoms with Crippen LogP contribution < -0.4 is 0 Å². The van der Waals surface area contributed by atoms with Crippen molar-refractivity contribution in [2.75, 3.05) is 13.6 Å². The summed E-state index contributed by atoms with van der Waals surface area (Å²) < 4.78 is 0. The average molecular weight is 280 g/mol. The Bertz CT molecular complexity index is 350. The van der Waals surface area contributed by atoms with E-state index in [2.05, 4.69) is 0 Å². The highest BCUT2D eigenvalue weighted by atomic mass is 16.2. The third kappa shape index (κ3) is 3.33. The third-order valence-electron chi connectivity index (χ3n) is 4.79. The summed E-state index contributed by atoms with van der Waals surface area (Å²) in [5.41, 5.74) is 0. The van der Waals surface area contributed by atoms with Crippen LogP contribution in [0.15, 0.2) is 0 Å². The SMILES string of the molecule is CCCC(=O)N1CCCC1C(=O)N(C)C1CCCCC1. The Balaban J connectivity index is 1.97. The maximum atomic E-state index is 12.7. The van der Waals surface area contributed by atoms with E-state index in [0.29, 0.717) is 12.5 Å². The minimum absolute atomic E-state index is 0.153. The van der Waals surface area contributed by atoms with E-state index in [-0.39, 0.29) is 17.9 Å². The fourth-order valence-corrected chi connectivity index (χ4v) is 3.56. The van der Waals surface area contributed by atoms with Crippen LogP contribution in [-0.4, -0.2) is 47.3 Å². The van der Waals surface area contributed by atoms with Crippen molar-refractivity contribution in [2.45, 2.75) is 76.8 Å². The monoisotopic (exact) mass is 280 g/mol. The van der Waals surface area contributed by atoms with E-state index in [1.165, 1.54) is 19.3 Å². The Hall–Kier alpha value is -1.06. The molecule has 1 aliphatic heterocycles. The number of hydrogen-bond donors (Lipinski definition) is 0. The number of hydrogen-bond acceptors (Lipinski definition) is 2. The first kappa shape index (κ1) is 15.3. The van der Waals surface area contributed by atoms with Crippen molar-refractivity contribution in [1.82, 2.24) is 9.80 Å². The number of likely N-dealkylation sites (tertiary alicyclic amines) is 1. The average Bonchev–Trinajstić information content (AvgIpc) is 2.96. The molecule has 114 valence electrons. The third-order valence-corrected chi connectivity index (χ3v) is 4.79. The fourth-order valence-electron chi connectivity index (χ4n) is 3.56. The molecule has 2 aliphatic rings. The van der Waals surface area contributed by atoms with Crippen molar-refractivity contribution in [1.29, 1.82) is 0 Å². The molecule has 1 saturated heterocycles. The lowest BCUT2D eigenvalue weighted by molar-refractivity contribution is -0.144. The second-order valence-electron chi connectivity index (χ2n) is 6.24. The highest BCUT2D eigenvalue weighted by molar-refractivity contribution is 5.88. The molecule has 0 aromatic rings.